The highest BCUT2D eigenvalue weighted by Gasteiger charge is 2.25. The molecule has 0 aliphatic carbocycles. The molecule has 0 saturated heterocycles. The van der Waals surface area contributed by atoms with E-state index in [1.807, 2.05) is 6.07 Å². The second-order valence-electron chi connectivity index (χ2n) is 3.78. The SMILES string of the molecule is C#CCNC1c2ccccc2CO[C@@H]1C. The molecule has 0 radical (unpaired) electrons. The third-order valence-electron chi connectivity index (χ3n) is 2.79. The van der Waals surface area contributed by atoms with Crippen molar-refractivity contribution in [3.8, 4) is 12.3 Å². The van der Waals surface area contributed by atoms with Gasteiger partial charge in [-0.1, -0.05) is 30.2 Å². The maximum Gasteiger partial charge on any atom is 0.0746 e. The molecule has 0 bridgehead atoms. The lowest BCUT2D eigenvalue weighted by molar-refractivity contribution is 0.0126. The van der Waals surface area contributed by atoms with Gasteiger partial charge in [0.25, 0.3) is 0 Å². The van der Waals surface area contributed by atoms with Crippen LogP contribution in [0.1, 0.15) is 24.1 Å². The Morgan fingerprint density at radius 2 is 2.33 bits per heavy atom. The largest absolute Gasteiger partial charge is 0.372 e. The van der Waals surface area contributed by atoms with Crippen LogP contribution in [0.2, 0.25) is 0 Å². The van der Waals surface area contributed by atoms with Crippen molar-refractivity contribution < 1.29 is 4.74 Å². The summed E-state index contributed by atoms with van der Waals surface area (Å²) in [5.74, 6) is 2.60. The van der Waals surface area contributed by atoms with Gasteiger partial charge in [-0.25, -0.2) is 0 Å². The average Bonchev–Trinajstić information content (AvgIpc) is 2.28. The molecule has 1 unspecified atom stereocenters. The minimum Gasteiger partial charge on any atom is -0.372 e. The van der Waals surface area contributed by atoms with Gasteiger partial charge in [-0.05, 0) is 18.1 Å². The monoisotopic (exact) mass is 201 g/mol. The molecule has 78 valence electrons. The van der Waals surface area contributed by atoms with Crippen LogP contribution in [-0.4, -0.2) is 12.6 Å². The first kappa shape index (κ1) is 10.2. The molecular weight excluding hydrogens is 186 g/mol. The molecule has 0 spiro atoms. The summed E-state index contributed by atoms with van der Waals surface area (Å²) in [5.41, 5.74) is 2.57. The number of rotatable bonds is 2. The predicted molar refractivity (Wildman–Crippen MR) is 60.3 cm³/mol. The van der Waals surface area contributed by atoms with Gasteiger partial charge in [-0.2, -0.15) is 0 Å². The first-order valence-electron chi connectivity index (χ1n) is 5.19. The smallest absolute Gasteiger partial charge is 0.0746 e. The molecule has 2 rings (SSSR count). The number of hydrogen-bond donors (Lipinski definition) is 1. The van der Waals surface area contributed by atoms with Crippen LogP contribution in [0, 0.1) is 12.3 Å². The zero-order valence-electron chi connectivity index (χ0n) is 8.86. The standard InChI is InChI=1S/C13H15NO/c1-3-8-14-13-10(2)15-9-11-6-4-5-7-12(11)13/h1,4-7,10,13-14H,8-9H2,2H3/t10-,13?/m1/s1. The minimum absolute atomic E-state index is 0.174. The predicted octanol–water partition coefficient (Wildman–Crippen LogP) is 1.87. The summed E-state index contributed by atoms with van der Waals surface area (Å²) in [6, 6.07) is 8.55. The van der Waals surface area contributed by atoms with Crippen LogP contribution in [0.25, 0.3) is 0 Å². The number of terminal acetylenes is 1. The third-order valence-corrected chi connectivity index (χ3v) is 2.79. The van der Waals surface area contributed by atoms with Crippen LogP contribution >= 0.6 is 0 Å². The van der Waals surface area contributed by atoms with Gasteiger partial charge in [-0.3, -0.25) is 5.32 Å². The molecule has 1 heterocycles. The van der Waals surface area contributed by atoms with Crippen LogP contribution in [0.3, 0.4) is 0 Å². The van der Waals surface area contributed by atoms with Crippen molar-refractivity contribution in [2.45, 2.75) is 25.7 Å². The van der Waals surface area contributed by atoms with Gasteiger partial charge in [0.1, 0.15) is 0 Å². The highest BCUT2D eigenvalue weighted by molar-refractivity contribution is 5.32. The number of benzene rings is 1. The first-order chi connectivity index (χ1) is 7.33. The molecule has 2 heteroatoms. The fourth-order valence-corrected chi connectivity index (χ4v) is 1.98. The molecule has 1 N–H and O–H groups in total. The van der Waals surface area contributed by atoms with E-state index in [-0.39, 0.29) is 12.1 Å². The van der Waals surface area contributed by atoms with Crippen molar-refractivity contribution in [3.05, 3.63) is 35.4 Å². The number of fused-ring (bicyclic) bond motifs is 1. The number of ether oxygens (including phenoxy) is 1. The Labute approximate surface area is 90.6 Å². The van der Waals surface area contributed by atoms with Crippen LogP contribution in [0.15, 0.2) is 24.3 Å². The Balaban J connectivity index is 2.25. The summed E-state index contributed by atoms with van der Waals surface area (Å²) < 4.78 is 5.68. The lowest BCUT2D eigenvalue weighted by Gasteiger charge is -2.31. The maximum absolute atomic E-state index is 5.68. The lowest BCUT2D eigenvalue weighted by atomic mass is 9.94. The van der Waals surface area contributed by atoms with Crippen molar-refractivity contribution in [2.24, 2.45) is 0 Å². The molecule has 0 aromatic heterocycles. The van der Waals surface area contributed by atoms with Crippen LogP contribution in [0.5, 0.6) is 0 Å². The highest BCUT2D eigenvalue weighted by Crippen LogP contribution is 2.28. The Morgan fingerprint density at radius 3 is 3.13 bits per heavy atom. The molecule has 1 aliphatic heterocycles. The summed E-state index contributed by atoms with van der Waals surface area (Å²) in [4.78, 5) is 0. The van der Waals surface area contributed by atoms with E-state index in [2.05, 4.69) is 36.4 Å². The second kappa shape index (κ2) is 4.48. The van der Waals surface area contributed by atoms with Gasteiger partial charge in [0, 0.05) is 0 Å². The maximum atomic E-state index is 5.68. The molecule has 1 aromatic carbocycles. The van der Waals surface area contributed by atoms with Crippen LogP contribution in [0.4, 0.5) is 0 Å². The van der Waals surface area contributed by atoms with Crippen molar-refractivity contribution in [2.75, 3.05) is 6.54 Å². The van der Waals surface area contributed by atoms with E-state index in [0.29, 0.717) is 13.2 Å². The normalized spacial score (nSPS) is 24.3. The molecule has 1 aliphatic rings. The minimum atomic E-state index is 0.174. The van der Waals surface area contributed by atoms with E-state index in [1.165, 1.54) is 11.1 Å². The summed E-state index contributed by atoms with van der Waals surface area (Å²) in [5, 5.41) is 3.32. The Kier molecular flexibility index (Phi) is 3.05. The quantitative estimate of drug-likeness (QED) is 0.737. The highest BCUT2D eigenvalue weighted by atomic mass is 16.5. The summed E-state index contributed by atoms with van der Waals surface area (Å²) in [6.07, 6.45) is 5.43. The fourth-order valence-electron chi connectivity index (χ4n) is 1.98. The molecule has 0 amide bonds. The Hall–Kier alpha value is -1.30. The van der Waals surface area contributed by atoms with E-state index < -0.39 is 0 Å². The van der Waals surface area contributed by atoms with E-state index >= 15 is 0 Å². The number of nitrogens with one attached hydrogen (secondary N) is 1. The lowest BCUT2D eigenvalue weighted by Crippen LogP contribution is -2.36. The first-order valence-corrected chi connectivity index (χ1v) is 5.19. The molecule has 2 nitrogen and oxygen atoms in total. The van der Waals surface area contributed by atoms with Gasteiger partial charge >= 0.3 is 0 Å². The molecule has 0 saturated carbocycles. The van der Waals surface area contributed by atoms with Crippen LogP contribution < -0.4 is 5.32 Å². The van der Waals surface area contributed by atoms with Crippen molar-refractivity contribution in [3.63, 3.8) is 0 Å². The molecular formula is C13H15NO. The molecule has 1 aromatic rings. The van der Waals surface area contributed by atoms with Gasteiger partial charge in [0.2, 0.25) is 0 Å². The zero-order chi connectivity index (χ0) is 10.7. The van der Waals surface area contributed by atoms with E-state index in [1.54, 1.807) is 0 Å². The van der Waals surface area contributed by atoms with Gasteiger partial charge in [-0.15, -0.1) is 6.42 Å². The van der Waals surface area contributed by atoms with E-state index in [0.717, 1.165) is 0 Å². The Morgan fingerprint density at radius 1 is 1.53 bits per heavy atom. The molecule has 15 heavy (non-hydrogen) atoms. The summed E-state index contributed by atoms with van der Waals surface area (Å²) in [7, 11) is 0. The zero-order valence-corrected chi connectivity index (χ0v) is 8.86. The van der Waals surface area contributed by atoms with E-state index in [9.17, 15) is 0 Å². The topological polar surface area (TPSA) is 21.3 Å². The van der Waals surface area contributed by atoms with Crippen molar-refractivity contribution in [1.29, 1.82) is 0 Å². The van der Waals surface area contributed by atoms with Crippen molar-refractivity contribution >= 4 is 0 Å². The van der Waals surface area contributed by atoms with Gasteiger partial charge in [0.15, 0.2) is 0 Å². The summed E-state index contributed by atoms with van der Waals surface area (Å²) >= 11 is 0. The molecule has 2 atom stereocenters. The number of hydrogen-bond acceptors (Lipinski definition) is 2. The summed E-state index contributed by atoms with van der Waals surface area (Å²) in [6.45, 7) is 3.35. The van der Waals surface area contributed by atoms with E-state index in [4.69, 9.17) is 11.2 Å². The molecule has 0 fully saturated rings. The Bertz CT molecular complexity index is 380. The van der Waals surface area contributed by atoms with Gasteiger partial charge in [0.05, 0.1) is 25.3 Å². The third kappa shape index (κ3) is 2.04. The van der Waals surface area contributed by atoms with Gasteiger partial charge < -0.3 is 4.74 Å². The second-order valence-corrected chi connectivity index (χ2v) is 3.78. The fraction of sp³-hybridized carbons (Fsp3) is 0.385. The average molecular weight is 201 g/mol. The van der Waals surface area contributed by atoms with Crippen LogP contribution in [-0.2, 0) is 11.3 Å². The van der Waals surface area contributed by atoms with Crippen molar-refractivity contribution in [1.82, 2.24) is 5.32 Å².